The summed E-state index contributed by atoms with van der Waals surface area (Å²) in [7, 11) is 1.76. The largest absolute Gasteiger partial charge is 0.372 e. The van der Waals surface area contributed by atoms with E-state index in [9.17, 15) is 4.79 Å². The second-order valence-corrected chi connectivity index (χ2v) is 5.22. The summed E-state index contributed by atoms with van der Waals surface area (Å²) < 4.78 is 0. The molecule has 0 radical (unpaired) electrons. The second-order valence-electron chi connectivity index (χ2n) is 5.22. The third-order valence-corrected chi connectivity index (χ3v) is 3.74. The molecule has 2 fully saturated rings. The van der Waals surface area contributed by atoms with Gasteiger partial charge in [0.05, 0.1) is 12.4 Å². The van der Waals surface area contributed by atoms with E-state index in [0.717, 1.165) is 25.6 Å². The number of carbonyl (C=O) groups excluding carboxylic acids is 1. The zero-order valence-corrected chi connectivity index (χ0v) is 11.1. The molecule has 1 saturated heterocycles. The van der Waals surface area contributed by atoms with Gasteiger partial charge in [-0.05, 0) is 19.3 Å². The maximum absolute atomic E-state index is 12.1. The van der Waals surface area contributed by atoms with E-state index < -0.39 is 0 Å². The Labute approximate surface area is 112 Å². The molecule has 1 aromatic heterocycles. The smallest absolute Gasteiger partial charge is 0.271 e. The fraction of sp³-hybridized carbons (Fsp3) is 0.615. The van der Waals surface area contributed by atoms with E-state index in [1.54, 1.807) is 13.2 Å². The first kappa shape index (κ1) is 12.3. The van der Waals surface area contributed by atoms with E-state index in [1.165, 1.54) is 19.0 Å². The molecule has 2 aliphatic rings. The quantitative estimate of drug-likeness (QED) is 0.825. The van der Waals surface area contributed by atoms with E-state index in [1.807, 2.05) is 0 Å². The lowest BCUT2D eigenvalue weighted by Gasteiger charge is -2.15. The molecule has 2 heterocycles. The van der Waals surface area contributed by atoms with Gasteiger partial charge in [0.1, 0.15) is 11.5 Å². The van der Waals surface area contributed by atoms with Gasteiger partial charge in [-0.1, -0.05) is 0 Å². The first-order valence-electron chi connectivity index (χ1n) is 6.81. The van der Waals surface area contributed by atoms with E-state index in [-0.39, 0.29) is 11.9 Å². The van der Waals surface area contributed by atoms with Crippen LogP contribution in [-0.4, -0.2) is 53.0 Å². The fourth-order valence-corrected chi connectivity index (χ4v) is 2.53. The number of carbonyl (C=O) groups is 1. The van der Waals surface area contributed by atoms with Gasteiger partial charge < -0.3 is 10.6 Å². The minimum absolute atomic E-state index is 0.132. The van der Waals surface area contributed by atoms with Gasteiger partial charge in [-0.25, -0.2) is 4.98 Å². The lowest BCUT2D eigenvalue weighted by Crippen LogP contribution is -2.37. The molecule has 0 spiro atoms. The van der Waals surface area contributed by atoms with Gasteiger partial charge in [0.15, 0.2) is 0 Å². The third kappa shape index (κ3) is 2.84. The molecule has 2 N–H and O–H groups in total. The fourth-order valence-electron chi connectivity index (χ4n) is 2.53. The molecule has 1 aliphatic carbocycles. The van der Waals surface area contributed by atoms with Crippen LogP contribution in [0.3, 0.4) is 0 Å². The van der Waals surface area contributed by atoms with E-state index in [2.05, 4.69) is 25.5 Å². The summed E-state index contributed by atoms with van der Waals surface area (Å²) in [6, 6.07) is 1.02. The van der Waals surface area contributed by atoms with Gasteiger partial charge in [-0.15, -0.1) is 0 Å². The Morgan fingerprint density at radius 1 is 1.37 bits per heavy atom. The predicted octanol–water partition coefficient (Wildman–Crippen LogP) is 0.485. The highest BCUT2D eigenvalue weighted by molar-refractivity contribution is 5.92. The van der Waals surface area contributed by atoms with Crippen molar-refractivity contribution >= 4 is 11.7 Å². The van der Waals surface area contributed by atoms with Gasteiger partial charge in [-0.3, -0.25) is 14.7 Å². The van der Waals surface area contributed by atoms with Crippen LogP contribution < -0.4 is 10.6 Å². The van der Waals surface area contributed by atoms with Crippen molar-refractivity contribution in [1.82, 2.24) is 20.2 Å². The summed E-state index contributed by atoms with van der Waals surface area (Å²) in [4.78, 5) is 22.8. The normalized spacial score (nSPS) is 23.3. The zero-order valence-electron chi connectivity index (χ0n) is 11.1. The highest BCUT2D eigenvalue weighted by Crippen LogP contribution is 2.29. The number of likely N-dealkylation sites (tertiary alicyclic amines) is 1. The van der Waals surface area contributed by atoms with Gasteiger partial charge in [0.25, 0.3) is 5.91 Å². The Hall–Kier alpha value is -1.69. The molecular formula is C13H19N5O. The van der Waals surface area contributed by atoms with Crippen LogP contribution in [0.1, 0.15) is 29.8 Å². The van der Waals surface area contributed by atoms with Gasteiger partial charge >= 0.3 is 0 Å². The van der Waals surface area contributed by atoms with Crippen molar-refractivity contribution < 1.29 is 4.79 Å². The van der Waals surface area contributed by atoms with Gasteiger partial charge in [0.2, 0.25) is 0 Å². The highest BCUT2D eigenvalue weighted by Gasteiger charge is 2.34. The first-order valence-corrected chi connectivity index (χ1v) is 6.81. The number of hydrogen-bond acceptors (Lipinski definition) is 5. The molecule has 6 heteroatoms. The van der Waals surface area contributed by atoms with Crippen molar-refractivity contribution in [3.8, 4) is 0 Å². The van der Waals surface area contributed by atoms with Crippen LogP contribution in [0, 0.1) is 0 Å². The standard InChI is InChI=1S/C13H19N5O/c1-14-12-7-15-6-11(17-12)13(19)16-9-4-5-18(8-9)10-2-3-10/h6-7,9-10H,2-5,8H2,1H3,(H,14,17)(H,16,19). The van der Waals surface area contributed by atoms with E-state index in [0.29, 0.717) is 11.5 Å². The molecule has 0 bridgehead atoms. The lowest BCUT2D eigenvalue weighted by molar-refractivity contribution is 0.0932. The van der Waals surface area contributed by atoms with Crippen LogP contribution in [-0.2, 0) is 0 Å². The number of aromatic nitrogens is 2. The summed E-state index contributed by atoms with van der Waals surface area (Å²) in [5, 5.41) is 5.93. The van der Waals surface area contributed by atoms with E-state index >= 15 is 0 Å². The van der Waals surface area contributed by atoms with Crippen molar-refractivity contribution in [1.29, 1.82) is 0 Å². The number of amides is 1. The number of nitrogens with zero attached hydrogens (tertiary/aromatic N) is 3. The van der Waals surface area contributed by atoms with Gasteiger partial charge in [0, 0.05) is 32.2 Å². The predicted molar refractivity (Wildman–Crippen MR) is 72.0 cm³/mol. The van der Waals surface area contributed by atoms with Crippen molar-refractivity contribution in [3.63, 3.8) is 0 Å². The number of nitrogens with one attached hydrogen (secondary N) is 2. The minimum atomic E-state index is -0.132. The molecule has 0 aromatic carbocycles. The summed E-state index contributed by atoms with van der Waals surface area (Å²) in [6.07, 6.45) is 6.76. The molecule has 19 heavy (non-hydrogen) atoms. The molecule has 1 atom stereocenters. The van der Waals surface area contributed by atoms with Gasteiger partial charge in [-0.2, -0.15) is 0 Å². The van der Waals surface area contributed by atoms with Crippen molar-refractivity contribution in [2.24, 2.45) is 0 Å². The average Bonchev–Trinajstić information content (AvgIpc) is 3.19. The Bertz CT molecular complexity index is 474. The summed E-state index contributed by atoms with van der Waals surface area (Å²) in [6.45, 7) is 2.06. The summed E-state index contributed by atoms with van der Waals surface area (Å²) >= 11 is 0. The summed E-state index contributed by atoms with van der Waals surface area (Å²) in [5.74, 6) is 0.478. The Balaban J connectivity index is 1.58. The number of anilines is 1. The van der Waals surface area contributed by atoms with Crippen LogP contribution >= 0.6 is 0 Å². The maximum Gasteiger partial charge on any atom is 0.271 e. The number of hydrogen-bond donors (Lipinski definition) is 2. The second kappa shape index (κ2) is 5.13. The third-order valence-electron chi connectivity index (χ3n) is 3.74. The summed E-state index contributed by atoms with van der Waals surface area (Å²) in [5.41, 5.74) is 0.372. The Morgan fingerprint density at radius 2 is 2.21 bits per heavy atom. The molecule has 102 valence electrons. The first-order chi connectivity index (χ1) is 9.26. The molecule has 6 nitrogen and oxygen atoms in total. The topological polar surface area (TPSA) is 70.2 Å². The Morgan fingerprint density at radius 3 is 2.95 bits per heavy atom. The van der Waals surface area contributed by atoms with Crippen molar-refractivity contribution in [2.75, 3.05) is 25.5 Å². The molecule has 1 aliphatic heterocycles. The monoisotopic (exact) mass is 261 g/mol. The van der Waals surface area contributed by atoms with Crippen LogP contribution in [0.2, 0.25) is 0 Å². The molecule has 3 rings (SSSR count). The van der Waals surface area contributed by atoms with Crippen LogP contribution in [0.4, 0.5) is 5.82 Å². The molecule has 1 unspecified atom stereocenters. The van der Waals surface area contributed by atoms with E-state index in [4.69, 9.17) is 0 Å². The van der Waals surface area contributed by atoms with Crippen LogP contribution in [0.15, 0.2) is 12.4 Å². The molecule has 1 saturated carbocycles. The SMILES string of the molecule is CNc1cncc(C(=O)NC2CCN(C3CC3)C2)n1. The van der Waals surface area contributed by atoms with Crippen molar-refractivity contribution in [3.05, 3.63) is 18.1 Å². The minimum Gasteiger partial charge on any atom is -0.372 e. The van der Waals surface area contributed by atoms with Crippen molar-refractivity contribution in [2.45, 2.75) is 31.3 Å². The van der Waals surface area contributed by atoms with Crippen LogP contribution in [0.5, 0.6) is 0 Å². The maximum atomic E-state index is 12.1. The average molecular weight is 261 g/mol. The molecule has 1 aromatic rings. The van der Waals surface area contributed by atoms with Crippen LogP contribution in [0.25, 0.3) is 0 Å². The highest BCUT2D eigenvalue weighted by atomic mass is 16.2. The molecule has 1 amide bonds. The number of rotatable bonds is 4. The lowest BCUT2D eigenvalue weighted by atomic mass is 10.2. The molecular weight excluding hydrogens is 242 g/mol. The Kier molecular flexibility index (Phi) is 3.33. The zero-order chi connectivity index (χ0) is 13.2.